The average molecular weight is 289 g/mol. The highest BCUT2D eigenvalue weighted by Gasteiger charge is 2.27. The van der Waals surface area contributed by atoms with Gasteiger partial charge in [0.05, 0.1) is 5.75 Å². The molecule has 3 rings (SSSR count). The van der Waals surface area contributed by atoms with E-state index in [4.69, 9.17) is 10.3 Å². The average Bonchev–Trinajstić information content (AvgIpc) is 3.07. The van der Waals surface area contributed by atoms with Gasteiger partial charge in [0, 0.05) is 16.9 Å². The van der Waals surface area contributed by atoms with Crippen molar-refractivity contribution in [3.8, 4) is 0 Å². The van der Waals surface area contributed by atoms with Crippen LogP contribution in [0.1, 0.15) is 42.5 Å². The number of aromatic nitrogens is 2. The fraction of sp³-hybridized carbons (Fsp3) is 0.467. The predicted octanol–water partition coefficient (Wildman–Crippen LogP) is 3.27. The highest BCUT2D eigenvalue weighted by atomic mass is 32.2. The molecule has 2 atom stereocenters. The Morgan fingerprint density at radius 2 is 2.10 bits per heavy atom. The molecule has 0 saturated heterocycles. The van der Waals surface area contributed by atoms with Gasteiger partial charge in [0.15, 0.2) is 5.82 Å². The minimum absolute atomic E-state index is 0.289. The van der Waals surface area contributed by atoms with Crippen molar-refractivity contribution in [1.82, 2.24) is 10.1 Å². The Morgan fingerprint density at radius 3 is 2.80 bits per heavy atom. The van der Waals surface area contributed by atoms with Crippen molar-refractivity contribution in [2.45, 2.75) is 48.8 Å². The van der Waals surface area contributed by atoms with Crippen LogP contribution in [0, 0.1) is 6.92 Å². The van der Waals surface area contributed by atoms with Gasteiger partial charge in [-0.25, -0.2) is 0 Å². The summed E-state index contributed by atoms with van der Waals surface area (Å²) in [6, 6.07) is 8.76. The maximum absolute atomic E-state index is 5.92. The SMILES string of the molecule is Cc1ccc(SCc2noc(C3CCC(N)C3)n2)cc1. The monoisotopic (exact) mass is 289 g/mol. The van der Waals surface area contributed by atoms with E-state index >= 15 is 0 Å². The smallest absolute Gasteiger partial charge is 0.229 e. The van der Waals surface area contributed by atoms with E-state index in [1.165, 1.54) is 10.5 Å². The van der Waals surface area contributed by atoms with Gasteiger partial charge in [-0.15, -0.1) is 11.8 Å². The molecule has 1 fully saturated rings. The summed E-state index contributed by atoms with van der Waals surface area (Å²) in [6.07, 6.45) is 3.08. The molecular weight excluding hydrogens is 270 g/mol. The first-order valence-corrected chi connectivity index (χ1v) is 7.97. The summed E-state index contributed by atoms with van der Waals surface area (Å²) in [4.78, 5) is 5.73. The molecule has 0 bridgehead atoms. The second-order valence-electron chi connectivity index (χ2n) is 5.42. The summed E-state index contributed by atoms with van der Waals surface area (Å²) in [6.45, 7) is 2.09. The molecule has 2 unspecified atom stereocenters. The van der Waals surface area contributed by atoms with Gasteiger partial charge in [0.25, 0.3) is 0 Å². The normalized spacial score (nSPS) is 22.3. The summed E-state index contributed by atoms with van der Waals surface area (Å²) < 4.78 is 5.37. The molecule has 4 nitrogen and oxygen atoms in total. The summed E-state index contributed by atoms with van der Waals surface area (Å²) in [5.74, 6) is 2.63. The third kappa shape index (κ3) is 3.22. The summed E-state index contributed by atoms with van der Waals surface area (Å²) in [7, 11) is 0. The first kappa shape index (κ1) is 13.6. The number of aryl methyl sites for hydroxylation is 1. The molecule has 106 valence electrons. The van der Waals surface area contributed by atoms with Crippen molar-refractivity contribution >= 4 is 11.8 Å². The van der Waals surface area contributed by atoms with Crippen molar-refractivity contribution in [2.24, 2.45) is 5.73 Å². The molecule has 0 amide bonds. The van der Waals surface area contributed by atoms with Gasteiger partial charge in [-0.2, -0.15) is 4.98 Å². The third-order valence-electron chi connectivity index (χ3n) is 3.70. The lowest BCUT2D eigenvalue weighted by molar-refractivity contribution is 0.350. The summed E-state index contributed by atoms with van der Waals surface area (Å²) >= 11 is 1.73. The molecule has 2 aromatic rings. The fourth-order valence-electron chi connectivity index (χ4n) is 2.52. The lowest BCUT2D eigenvalue weighted by atomic mass is 10.1. The van der Waals surface area contributed by atoms with E-state index in [1.807, 2.05) is 0 Å². The second-order valence-corrected chi connectivity index (χ2v) is 6.47. The zero-order valence-electron chi connectivity index (χ0n) is 11.6. The van der Waals surface area contributed by atoms with Crippen LogP contribution in [-0.2, 0) is 5.75 Å². The van der Waals surface area contributed by atoms with E-state index in [1.54, 1.807) is 11.8 Å². The molecule has 1 aliphatic carbocycles. The fourth-order valence-corrected chi connectivity index (χ4v) is 3.26. The number of nitrogens with zero attached hydrogens (tertiary/aromatic N) is 2. The first-order valence-electron chi connectivity index (χ1n) is 6.98. The molecule has 1 aromatic carbocycles. The van der Waals surface area contributed by atoms with Gasteiger partial charge in [-0.05, 0) is 38.3 Å². The predicted molar refractivity (Wildman–Crippen MR) is 79.6 cm³/mol. The number of benzene rings is 1. The number of thioether (sulfide) groups is 1. The molecule has 2 N–H and O–H groups in total. The molecule has 0 spiro atoms. The number of hydrogen-bond donors (Lipinski definition) is 1. The quantitative estimate of drug-likeness (QED) is 0.875. The van der Waals surface area contributed by atoms with Crippen LogP contribution in [0.15, 0.2) is 33.7 Å². The zero-order valence-corrected chi connectivity index (χ0v) is 12.4. The van der Waals surface area contributed by atoms with Crippen LogP contribution in [0.2, 0.25) is 0 Å². The van der Waals surface area contributed by atoms with Crippen LogP contribution in [0.25, 0.3) is 0 Å². The number of rotatable bonds is 4. The van der Waals surface area contributed by atoms with E-state index in [-0.39, 0.29) is 6.04 Å². The van der Waals surface area contributed by atoms with E-state index < -0.39 is 0 Å². The van der Waals surface area contributed by atoms with E-state index in [0.29, 0.717) is 5.92 Å². The Kier molecular flexibility index (Phi) is 4.08. The number of hydrogen-bond acceptors (Lipinski definition) is 5. The summed E-state index contributed by atoms with van der Waals surface area (Å²) in [5.41, 5.74) is 7.19. The third-order valence-corrected chi connectivity index (χ3v) is 4.70. The maximum atomic E-state index is 5.92. The van der Waals surface area contributed by atoms with Crippen LogP contribution >= 0.6 is 11.8 Å². The van der Waals surface area contributed by atoms with Crippen LogP contribution in [0.3, 0.4) is 0 Å². The van der Waals surface area contributed by atoms with Crippen LogP contribution in [-0.4, -0.2) is 16.2 Å². The van der Waals surface area contributed by atoms with Crippen molar-refractivity contribution < 1.29 is 4.52 Å². The van der Waals surface area contributed by atoms with E-state index in [0.717, 1.165) is 36.7 Å². The Hall–Kier alpha value is -1.33. The van der Waals surface area contributed by atoms with Gasteiger partial charge in [-0.3, -0.25) is 0 Å². The Bertz CT molecular complexity index is 567. The molecular formula is C15H19N3OS. The Morgan fingerprint density at radius 1 is 1.30 bits per heavy atom. The highest BCUT2D eigenvalue weighted by Crippen LogP contribution is 2.33. The van der Waals surface area contributed by atoms with Crippen molar-refractivity contribution in [3.05, 3.63) is 41.5 Å². The molecule has 0 radical (unpaired) electrons. The van der Waals surface area contributed by atoms with Crippen molar-refractivity contribution in [3.63, 3.8) is 0 Å². The standard InChI is InChI=1S/C15H19N3OS/c1-10-2-6-13(7-3-10)20-9-14-17-15(19-18-14)11-4-5-12(16)8-11/h2-3,6-7,11-12H,4-5,8-9,16H2,1H3. The maximum Gasteiger partial charge on any atom is 0.229 e. The lowest BCUT2D eigenvalue weighted by Gasteiger charge is -2.01. The lowest BCUT2D eigenvalue weighted by Crippen LogP contribution is -2.14. The van der Waals surface area contributed by atoms with E-state index in [9.17, 15) is 0 Å². The molecule has 1 aromatic heterocycles. The Labute approximate surface area is 123 Å². The summed E-state index contributed by atoms with van der Waals surface area (Å²) in [5, 5.41) is 4.07. The first-order chi connectivity index (χ1) is 9.70. The minimum atomic E-state index is 0.289. The highest BCUT2D eigenvalue weighted by molar-refractivity contribution is 7.98. The second kappa shape index (κ2) is 5.97. The van der Waals surface area contributed by atoms with Crippen LogP contribution in [0.5, 0.6) is 0 Å². The van der Waals surface area contributed by atoms with E-state index in [2.05, 4.69) is 41.3 Å². The van der Waals surface area contributed by atoms with Gasteiger partial charge >= 0.3 is 0 Å². The van der Waals surface area contributed by atoms with Crippen LogP contribution < -0.4 is 5.73 Å². The Balaban J connectivity index is 1.58. The van der Waals surface area contributed by atoms with Gasteiger partial charge in [0.1, 0.15) is 0 Å². The van der Waals surface area contributed by atoms with Crippen LogP contribution in [0.4, 0.5) is 0 Å². The molecule has 1 aliphatic rings. The van der Waals surface area contributed by atoms with Gasteiger partial charge in [0.2, 0.25) is 5.89 Å². The molecule has 0 aliphatic heterocycles. The van der Waals surface area contributed by atoms with Gasteiger partial charge < -0.3 is 10.3 Å². The topological polar surface area (TPSA) is 64.9 Å². The van der Waals surface area contributed by atoms with Crippen molar-refractivity contribution in [1.29, 1.82) is 0 Å². The molecule has 1 heterocycles. The molecule has 20 heavy (non-hydrogen) atoms. The van der Waals surface area contributed by atoms with Crippen molar-refractivity contribution in [2.75, 3.05) is 0 Å². The largest absolute Gasteiger partial charge is 0.339 e. The molecule has 5 heteroatoms. The van der Waals surface area contributed by atoms with Gasteiger partial charge in [-0.1, -0.05) is 22.9 Å². The molecule has 1 saturated carbocycles. The number of nitrogens with two attached hydrogens (primary N) is 1. The zero-order chi connectivity index (χ0) is 13.9. The minimum Gasteiger partial charge on any atom is -0.339 e.